The van der Waals surface area contributed by atoms with Crippen LogP contribution in [0.25, 0.3) is 76.5 Å². The molecule has 0 spiro atoms. The number of unbranched alkanes of at least 4 members (excludes halogenated alkanes) is 4. The maximum atomic E-state index is 13.6. The molecular formula is C58H59ClN6O6. The topological polar surface area (TPSA) is 156 Å². The molecule has 0 atom stereocenters. The number of pyridine rings is 2. The van der Waals surface area contributed by atoms with Crippen LogP contribution in [0.1, 0.15) is 74.6 Å². The van der Waals surface area contributed by atoms with Crippen LogP contribution in [0.2, 0.25) is 0 Å². The third kappa shape index (κ3) is 10.00. The Labute approximate surface area is 416 Å². The molecule has 0 unspecified atom stereocenters. The number of aromatic nitrogens is 4. The second-order valence-electron chi connectivity index (χ2n) is 18.4. The summed E-state index contributed by atoms with van der Waals surface area (Å²) in [5.74, 6) is -0.333. The number of fused-ring (bicyclic) bond motifs is 8. The molecule has 10 rings (SSSR count). The van der Waals surface area contributed by atoms with Crippen LogP contribution in [-0.2, 0) is 14.3 Å². The van der Waals surface area contributed by atoms with Gasteiger partial charge in [-0.15, -0.1) is 0 Å². The van der Waals surface area contributed by atoms with Crippen LogP contribution in [0.15, 0.2) is 119 Å². The van der Waals surface area contributed by atoms with Gasteiger partial charge in [-0.05, 0) is 175 Å². The first-order chi connectivity index (χ1) is 34.1. The lowest BCUT2D eigenvalue weighted by molar-refractivity contribution is -0.139. The number of nitrogens with zero attached hydrogens (tertiary/aromatic N) is 4. The summed E-state index contributed by atoms with van der Waals surface area (Å²) >= 11 is 4.87. The minimum atomic E-state index is -0.463. The molecule has 0 saturated heterocycles. The highest BCUT2D eigenvalue weighted by Gasteiger charge is 2.20. The average Bonchev–Trinajstić information content (AvgIpc) is 3.91. The number of aryl methyl sites for hydroxylation is 4. The Hall–Kier alpha value is -7.41. The normalized spacial score (nSPS) is 11.4. The number of carbonyl (C=O) groups is 2. The minimum Gasteiger partial charge on any atom is -0.462 e. The zero-order chi connectivity index (χ0) is 50.7. The van der Waals surface area contributed by atoms with E-state index >= 15 is 0 Å². The zero-order valence-electron chi connectivity index (χ0n) is 41.2. The van der Waals surface area contributed by atoms with Gasteiger partial charge >= 0.3 is 5.97 Å². The van der Waals surface area contributed by atoms with Crippen molar-refractivity contribution in [2.75, 3.05) is 36.9 Å². The number of imidazole rings is 2. The van der Waals surface area contributed by atoms with E-state index in [-0.39, 0.29) is 23.7 Å². The lowest BCUT2D eigenvalue weighted by Crippen LogP contribution is -2.13. The fourth-order valence-electron chi connectivity index (χ4n) is 9.08. The van der Waals surface area contributed by atoms with E-state index in [0.717, 1.165) is 145 Å². The van der Waals surface area contributed by atoms with E-state index in [9.17, 15) is 19.2 Å². The quantitative estimate of drug-likeness (QED) is 0.0391. The van der Waals surface area contributed by atoms with Gasteiger partial charge in [-0.1, -0.05) is 37.4 Å². The molecule has 10 aromatic rings. The van der Waals surface area contributed by atoms with Crippen molar-refractivity contribution in [3.63, 3.8) is 0 Å². The first-order valence-corrected chi connectivity index (χ1v) is 24.5. The first kappa shape index (κ1) is 50.0. The molecule has 71 heavy (non-hydrogen) atoms. The van der Waals surface area contributed by atoms with Gasteiger partial charge in [-0.2, -0.15) is 0 Å². The van der Waals surface area contributed by atoms with Crippen molar-refractivity contribution in [1.82, 2.24) is 18.8 Å². The summed E-state index contributed by atoms with van der Waals surface area (Å²) in [5.41, 5.74) is 12.3. The van der Waals surface area contributed by atoms with E-state index in [1.807, 2.05) is 24.3 Å². The van der Waals surface area contributed by atoms with E-state index in [1.54, 1.807) is 22.6 Å². The van der Waals surface area contributed by atoms with Gasteiger partial charge in [0.25, 0.3) is 11.1 Å². The van der Waals surface area contributed by atoms with Crippen LogP contribution in [-0.4, -0.2) is 61.4 Å². The van der Waals surface area contributed by atoms with Crippen molar-refractivity contribution in [1.29, 1.82) is 0 Å². The number of ether oxygens (including phenoxy) is 1. The number of carbonyl (C=O) groups excluding carboxylic acids is 2. The van der Waals surface area contributed by atoms with Gasteiger partial charge in [0.15, 0.2) is 0 Å². The SMILES string of the molecule is C=C(C)C(=O)Cl.C=C(C)C(=O)OCCCCCNc1ccc2c3c1cccc3c(=O)n1c3cc(C)c(C)cc3nc21.Cc1cc2nc3c4ccc(NCCCCCO)c5cccc(c(=O)n3c2cc1C)c54. The molecule has 0 radical (unpaired) electrons. The average molecular weight is 972 g/mol. The number of allylic oxidation sites excluding steroid dienone is 1. The lowest BCUT2D eigenvalue weighted by Gasteiger charge is -2.13. The highest BCUT2D eigenvalue weighted by atomic mass is 35.5. The number of hydrogen-bond donors (Lipinski definition) is 3. The van der Waals surface area contributed by atoms with Gasteiger partial charge < -0.3 is 20.5 Å². The molecule has 4 aromatic heterocycles. The van der Waals surface area contributed by atoms with Crippen LogP contribution in [0.4, 0.5) is 11.4 Å². The molecule has 3 N–H and O–H groups in total. The molecule has 4 heterocycles. The molecule has 0 fully saturated rings. The smallest absolute Gasteiger partial charge is 0.333 e. The summed E-state index contributed by atoms with van der Waals surface area (Å²) in [6.45, 7) is 20.6. The Morgan fingerprint density at radius 2 is 1.01 bits per heavy atom. The number of rotatable bonds is 15. The number of aliphatic hydroxyl groups excluding tert-OH is 1. The van der Waals surface area contributed by atoms with Crippen LogP contribution in [0.3, 0.4) is 0 Å². The second-order valence-corrected chi connectivity index (χ2v) is 18.8. The summed E-state index contributed by atoms with van der Waals surface area (Å²) < 4.78 is 8.67. The zero-order valence-corrected chi connectivity index (χ0v) is 42.0. The maximum Gasteiger partial charge on any atom is 0.333 e. The van der Waals surface area contributed by atoms with Crippen molar-refractivity contribution in [2.45, 2.75) is 80.1 Å². The predicted molar refractivity (Wildman–Crippen MR) is 292 cm³/mol. The second kappa shape index (κ2) is 21.3. The predicted octanol–water partition coefficient (Wildman–Crippen LogP) is 12.0. The highest BCUT2D eigenvalue weighted by Crippen LogP contribution is 2.36. The summed E-state index contributed by atoms with van der Waals surface area (Å²) in [7, 11) is 0. The van der Waals surface area contributed by atoms with Gasteiger partial charge in [0.2, 0.25) is 5.24 Å². The van der Waals surface area contributed by atoms with E-state index < -0.39 is 5.24 Å². The van der Waals surface area contributed by atoms with Crippen LogP contribution < -0.4 is 21.8 Å². The molecule has 0 amide bonds. The van der Waals surface area contributed by atoms with Gasteiger partial charge in [0.1, 0.15) is 11.3 Å². The number of halogens is 1. The molecule has 13 heteroatoms. The molecule has 0 aliphatic carbocycles. The van der Waals surface area contributed by atoms with Gasteiger partial charge in [-0.25, -0.2) is 14.8 Å². The summed E-state index contributed by atoms with van der Waals surface area (Å²) in [6, 6.07) is 28.4. The number of anilines is 2. The van der Waals surface area contributed by atoms with E-state index in [0.29, 0.717) is 28.8 Å². The van der Waals surface area contributed by atoms with Gasteiger partial charge in [-0.3, -0.25) is 23.2 Å². The Balaban J connectivity index is 0.000000172. The first-order valence-electron chi connectivity index (χ1n) is 24.1. The molecule has 0 aliphatic heterocycles. The maximum absolute atomic E-state index is 13.6. The largest absolute Gasteiger partial charge is 0.462 e. The van der Waals surface area contributed by atoms with E-state index in [1.165, 1.54) is 5.56 Å². The fraction of sp³-hybridized carbons (Fsp3) is 0.276. The number of aliphatic hydroxyl groups is 1. The van der Waals surface area contributed by atoms with Crippen molar-refractivity contribution in [2.24, 2.45) is 0 Å². The van der Waals surface area contributed by atoms with Gasteiger partial charge in [0.05, 0.1) is 28.7 Å². The van der Waals surface area contributed by atoms with Crippen LogP contribution >= 0.6 is 11.6 Å². The summed E-state index contributed by atoms with van der Waals surface area (Å²) in [5, 5.41) is 22.9. The Morgan fingerprint density at radius 1 is 0.592 bits per heavy atom. The van der Waals surface area contributed by atoms with E-state index in [2.05, 4.69) is 112 Å². The minimum absolute atomic E-state index is 0.0195. The number of esters is 1. The van der Waals surface area contributed by atoms with Crippen molar-refractivity contribution in [3.8, 4) is 0 Å². The van der Waals surface area contributed by atoms with E-state index in [4.69, 9.17) is 31.4 Å². The molecular weight excluding hydrogens is 912 g/mol. The number of hydrogen-bond acceptors (Lipinski definition) is 10. The molecule has 12 nitrogen and oxygen atoms in total. The molecule has 0 bridgehead atoms. The Morgan fingerprint density at radius 3 is 1.44 bits per heavy atom. The Bertz CT molecular complexity index is 3810. The fourth-order valence-corrected chi connectivity index (χ4v) is 9.08. The highest BCUT2D eigenvalue weighted by molar-refractivity contribution is 6.67. The van der Waals surface area contributed by atoms with Crippen LogP contribution in [0, 0.1) is 27.7 Å². The number of nitrogens with one attached hydrogen (secondary N) is 2. The summed E-state index contributed by atoms with van der Waals surface area (Å²) in [6.07, 6.45) is 5.52. The van der Waals surface area contributed by atoms with Crippen molar-refractivity contribution >= 4 is 111 Å². The van der Waals surface area contributed by atoms with Crippen molar-refractivity contribution in [3.05, 3.63) is 152 Å². The van der Waals surface area contributed by atoms with Crippen molar-refractivity contribution < 1.29 is 19.4 Å². The third-order valence-electron chi connectivity index (χ3n) is 13.2. The summed E-state index contributed by atoms with van der Waals surface area (Å²) in [4.78, 5) is 58.0. The molecule has 6 aromatic carbocycles. The third-order valence-corrected chi connectivity index (χ3v) is 13.5. The molecule has 364 valence electrons. The number of benzene rings is 6. The monoisotopic (exact) mass is 970 g/mol. The van der Waals surface area contributed by atoms with Gasteiger partial charge in [0, 0.05) is 85.3 Å². The lowest BCUT2D eigenvalue weighted by atomic mass is 10.0. The Kier molecular flexibility index (Phi) is 15.0. The molecule has 0 aliphatic rings. The van der Waals surface area contributed by atoms with Crippen LogP contribution in [0.5, 0.6) is 0 Å². The molecule has 0 saturated carbocycles. The standard InChI is InChI=1S/C29H29N3O3.C25H25N3O2.C4H5ClO/c1-17(2)29(34)35-14-7-5-6-13-30-23-12-11-21-26-20(23)9-8-10-22(26)28(33)32-25-16-19(4)18(3)15-24(25)31-27(21)32;1-15-13-21-22(14-16(15)2)28-24(27-21)18-9-10-20(26-11-4-3-5-12-29)17-7-6-8-19(23(17)18)25(28)30;1-3(2)4(5)6/h8-12,15-16,30H,1,5-7,13-14H2,2-4H3;6-10,13-14,26,29H,3-5,11-12H2,1-2H3;1H2,2H3.